The van der Waals surface area contributed by atoms with Crippen LogP contribution in [0.5, 0.6) is 5.88 Å². The van der Waals surface area contributed by atoms with Gasteiger partial charge in [-0.15, -0.1) is 0 Å². The molecule has 2 aromatic rings. The first-order valence-electron chi connectivity index (χ1n) is 5.72. The van der Waals surface area contributed by atoms with E-state index < -0.39 is 6.10 Å². The normalized spacial score (nSPS) is 12.2. The number of aliphatic hydroxyl groups is 1. The summed E-state index contributed by atoms with van der Waals surface area (Å²) in [6, 6.07) is 8.74. The molecule has 1 heterocycles. The molecule has 1 aromatic carbocycles. The van der Waals surface area contributed by atoms with E-state index in [-0.39, 0.29) is 0 Å². The molecule has 0 aliphatic rings. The number of aromatic nitrogens is 1. The van der Waals surface area contributed by atoms with Gasteiger partial charge in [-0.2, -0.15) is 0 Å². The number of benzene rings is 1. The molecule has 1 aromatic heterocycles. The lowest BCUT2D eigenvalue weighted by Crippen LogP contribution is -2.05. The second kappa shape index (κ2) is 6.24. The van der Waals surface area contributed by atoms with E-state index in [0.29, 0.717) is 27.9 Å². The van der Waals surface area contributed by atoms with E-state index in [1.54, 1.807) is 36.5 Å². The number of aliphatic hydroxyl groups excluding tert-OH is 1. The zero-order valence-electron chi connectivity index (χ0n) is 10.3. The lowest BCUT2D eigenvalue weighted by molar-refractivity contribution is 0.173. The zero-order valence-corrected chi connectivity index (χ0v) is 11.8. The fourth-order valence-electron chi connectivity index (χ4n) is 1.83. The molecular weight excluding hydrogens is 285 g/mol. The fraction of sp³-hybridized carbons (Fsp3) is 0.214. The van der Waals surface area contributed by atoms with Crippen molar-refractivity contribution in [2.24, 2.45) is 0 Å². The van der Waals surface area contributed by atoms with Gasteiger partial charge in [0.15, 0.2) is 0 Å². The Morgan fingerprint density at radius 2 is 2.11 bits per heavy atom. The van der Waals surface area contributed by atoms with Gasteiger partial charge in [-0.1, -0.05) is 29.3 Å². The van der Waals surface area contributed by atoms with E-state index in [1.807, 2.05) is 0 Å². The van der Waals surface area contributed by atoms with E-state index in [0.717, 1.165) is 5.56 Å². The quantitative estimate of drug-likeness (QED) is 0.936. The van der Waals surface area contributed by atoms with Crippen LogP contribution in [0.25, 0.3) is 0 Å². The largest absolute Gasteiger partial charge is 0.481 e. The smallest absolute Gasteiger partial charge is 0.218 e. The van der Waals surface area contributed by atoms with Crippen LogP contribution in [-0.2, 0) is 6.42 Å². The maximum atomic E-state index is 10.3. The molecular formula is C14H13Cl2NO2. The third kappa shape index (κ3) is 3.38. The Bertz CT molecular complexity index is 575. The number of methoxy groups -OCH3 is 1. The molecule has 0 radical (unpaired) electrons. The van der Waals surface area contributed by atoms with Crippen LogP contribution in [0.4, 0.5) is 0 Å². The molecule has 0 saturated carbocycles. The van der Waals surface area contributed by atoms with Crippen LogP contribution < -0.4 is 4.74 Å². The zero-order chi connectivity index (χ0) is 13.8. The van der Waals surface area contributed by atoms with Gasteiger partial charge < -0.3 is 9.84 Å². The average molecular weight is 298 g/mol. The van der Waals surface area contributed by atoms with Crippen molar-refractivity contribution in [3.63, 3.8) is 0 Å². The average Bonchev–Trinajstić information content (AvgIpc) is 2.41. The number of hydrogen-bond donors (Lipinski definition) is 1. The maximum absolute atomic E-state index is 10.3. The molecule has 1 N–H and O–H groups in total. The summed E-state index contributed by atoms with van der Waals surface area (Å²) in [6.07, 6.45) is 1.25. The Morgan fingerprint density at radius 1 is 1.32 bits per heavy atom. The summed E-state index contributed by atoms with van der Waals surface area (Å²) in [5, 5.41) is 11.4. The van der Waals surface area contributed by atoms with Gasteiger partial charge in [0.1, 0.15) is 0 Å². The summed E-state index contributed by atoms with van der Waals surface area (Å²) in [5.74, 6) is 0.417. The molecule has 3 nitrogen and oxygen atoms in total. The minimum atomic E-state index is -0.734. The maximum Gasteiger partial charge on any atom is 0.218 e. The molecule has 1 unspecified atom stereocenters. The third-order valence-electron chi connectivity index (χ3n) is 2.78. The van der Waals surface area contributed by atoms with Gasteiger partial charge >= 0.3 is 0 Å². The Labute approximate surface area is 121 Å². The summed E-state index contributed by atoms with van der Waals surface area (Å²) in [5.41, 5.74) is 1.46. The van der Waals surface area contributed by atoms with Crippen molar-refractivity contribution in [1.29, 1.82) is 0 Å². The number of hydrogen-bond acceptors (Lipinski definition) is 3. The van der Waals surface area contributed by atoms with Crippen molar-refractivity contribution in [2.45, 2.75) is 12.5 Å². The van der Waals surface area contributed by atoms with Crippen LogP contribution in [0.1, 0.15) is 17.2 Å². The Morgan fingerprint density at radius 3 is 2.79 bits per heavy atom. The molecule has 0 aliphatic heterocycles. The number of nitrogens with zero attached hydrogens (tertiary/aromatic N) is 1. The summed E-state index contributed by atoms with van der Waals surface area (Å²) in [4.78, 5) is 4.06. The standard InChI is InChI=1S/C14H13Cl2NO2/c1-19-14-11(3-2-6-17-14)13(18)7-9-4-5-10(15)8-12(9)16/h2-6,8,13,18H,7H2,1H3. The third-order valence-corrected chi connectivity index (χ3v) is 3.37. The number of pyridine rings is 1. The van der Waals surface area contributed by atoms with Gasteiger partial charge in [0.25, 0.3) is 0 Å². The van der Waals surface area contributed by atoms with E-state index in [1.165, 1.54) is 7.11 Å². The van der Waals surface area contributed by atoms with E-state index in [4.69, 9.17) is 27.9 Å². The van der Waals surface area contributed by atoms with Crippen molar-refractivity contribution in [3.05, 3.63) is 57.7 Å². The highest BCUT2D eigenvalue weighted by Crippen LogP contribution is 2.29. The van der Waals surface area contributed by atoms with Crippen LogP contribution in [0, 0.1) is 0 Å². The van der Waals surface area contributed by atoms with Crippen molar-refractivity contribution in [3.8, 4) is 5.88 Å². The molecule has 0 aliphatic carbocycles. The molecule has 0 saturated heterocycles. The van der Waals surface area contributed by atoms with Gasteiger partial charge in [0, 0.05) is 28.2 Å². The van der Waals surface area contributed by atoms with Crippen molar-refractivity contribution in [1.82, 2.24) is 4.98 Å². The van der Waals surface area contributed by atoms with Crippen molar-refractivity contribution >= 4 is 23.2 Å². The highest BCUT2D eigenvalue weighted by atomic mass is 35.5. The van der Waals surface area contributed by atoms with Gasteiger partial charge in [-0.05, 0) is 29.8 Å². The molecule has 1 atom stereocenters. The topological polar surface area (TPSA) is 42.4 Å². The minimum absolute atomic E-state index is 0.373. The molecule has 19 heavy (non-hydrogen) atoms. The van der Waals surface area contributed by atoms with E-state index in [2.05, 4.69) is 4.98 Å². The molecule has 5 heteroatoms. The Hall–Kier alpha value is -1.29. The second-order valence-corrected chi connectivity index (χ2v) is 4.90. The molecule has 100 valence electrons. The van der Waals surface area contributed by atoms with Crippen LogP contribution in [0.2, 0.25) is 10.0 Å². The highest BCUT2D eigenvalue weighted by molar-refractivity contribution is 6.35. The lowest BCUT2D eigenvalue weighted by atomic mass is 10.0. The second-order valence-electron chi connectivity index (χ2n) is 4.06. The monoisotopic (exact) mass is 297 g/mol. The summed E-state index contributed by atoms with van der Waals surface area (Å²) in [6.45, 7) is 0. The van der Waals surface area contributed by atoms with Crippen LogP contribution in [-0.4, -0.2) is 17.2 Å². The number of ether oxygens (including phenoxy) is 1. The molecule has 0 amide bonds. The van der Waals surface area contributed by atoms with Crippen molar-refractivity contribution < 1.29 is 9.84 Å². The Balaban J connectivity index is 2.23. The first-order chi connectivity index (χ1) is 9.11. The number of rotatable bonds is 4. The first-order valence-corrected chi connectivity index (χ1v) is 6.48. The predicted octanol–water partition coefficient (Wildman–Crippen LogP) is 3.67. The van der Waals surface area contributed by atoms with Crippen LogP contribution >= 0.6 is 23.2 Å². The summed E-state index contributed by atoms with van der Waals surface area (Å²) >= 11 is 11.9. The molecule has 0 spiro atoms. The van der Waals surface area contributed by atoms with Gasteiger partial charge in [-0.3, -0.25) is 0 Å². The summed E-state index contributed by atoms with van der Waals surface area (Å²) < 4.78 is 5.13. The predicted molar refractivity (Wildman–Crippen MR) is 75.9 cm³/mol. The molecule has 0 bridgehead atoms. The van der Waals surface area contributed by atoms with Crippen molar-refractivity contribution in [2.75, 3.05) is 7.11 Å². The van der Waals surface area contributed by atoms with E-state index in [9.17, 15) is 5.11 Å². The van der Waals surface area contributed by atoms with Crippen LogP contribution in [0.3, 0.4) is 0 Å². The SMILES string of the molecule is COc1ncccc1C(O)Cc1ccc(Cl)cc1Cl. The van der Waals surface area contributed by atoms with Gasteiger partial charge in [-0.25, -0.2) is 4.98 Å². The van der Waals surface area contributed by atoms with Crippen LogP contribution in [0.15, 0.2) is 36.5 Å². The molecule has 0 fully saturated rings. The molecule has 2 rings (SSSR count). The van der Waals surface area contributed by atoms with Gasteiger partial charge in [0.05, 0.1) is 13.2 Å². The van der Waals surface area contributed by atoms with E-state index >= 15 is 0 Å². The lowest BCUT2D eigenvalue weighted by Gasteiger charge is -2.14. The minimum Gasteiger partial charge on any atom is -0.481 e. The number of halogens is 2. The Kier molecular flexibility index (Phi) is 4.64. The first kappa shape index (κ1) is 14.1. The summed E-state index contributed by atoms with van der Waals surface area (Å²) in [7, 11) is 1.52. The highest BCUT2D eigenvalue weighted by Gasteiger charge is 2.16. The van der Waals surface area contributed by atoms with Gasteiger partial charge in [0.2, 0.25) is 5.88 Å². The fourth-order valence-corrected chi connectivity index (χ4v) is 2.32.